The summed E-state index contributed by atoms with van der Waals surface area (Å²) in [7, 11) is 1.71. The van der Waals surface area contributed by atoms with Crippen LogP contribution in [0, 0.1) is 5.41 Å². The van der Waals surface area contributed by atoms with Crippen molar-refractivity contribution in [3.63, 3.8) is 0 Å². The number of methoxy groups -OCH3 is 1. The van der Waals surface area contributed by atoms with Crippen molar-refractivity contribution in [2.75, 3.05) is 26.2 Å². The van der Waals surface area contributed by atoms with Crippen LogP contribution in [-0.4, -0.2) is 26.2 Å². The Bertz CT molecular complexity index is 403. The number of rotatable bonds is 4. The predicted molar refractivity (Wildman–Crippen MR) is 77.6 cm³/mol. The van der Waals surface area contributed by atoms with E-state index in [9.17, 15) is 0 Å². The van der Waals surface area contributed by atoms with Gasteiger partial charge in [0.05, 0.1) is 13.7 Å². The smallest absolute Gasteiger partial charge is 0.122 e. The first-order valence-electron chi connectivity index (χ1n) is 6.15. The molecule has 1 unspecified atom stereocenters. The highest BCUT2D eigenvalue weighted by Gasteiger charge is 2.33. The Hall–Kier alpha value is -0.250. The first kappa shape index (κ1) is 14.2. The van der Waals surface area contributed by atoms with Crippen molar-refractivity contribution in [1.82, 2.24) is 0 Å². The Morgan fingerprint density at radius 2 is 2.33 bits per heavy atom. The zero-order chi connectivity index (χ0) is 13.0. The minimum Gasteiger partial charge on any atom is -0.496 e. The molecule has 0 spiro atoms. The lowest BCUT2D eigenvalue weighted by Gasteiger charge is -2.35. The van der Waals surface area contributed by atoms with Crippen LogP contribution in [0.4, 0.5) is 0 Å². The quantitative estimate of drug-likeness (QED) is 0.774. The summed E-state index contributed by atoms with van der Waals surface area (Å²) in [6.07, 6.45) is 3.11. The molecule has 0 bridgehead atoms. The van der Waals surface area contributed by atoms with Crippen LogP contribution >= 0.6 is 27.5 Å². The van der Waals surface area contributed by atoms with Crippen molar-refractivity contribution < 1.29 is 9.47 Å². The van der Waals surface area contributed by atoms with Crippen molar-refractivity contribution in [3.8, 4) is 5.75 Å². The van der Waals surface area contributed by atoms with Gasteiger partial charge in [0.1, 0.15) is 5.75 Å². The van der Waals surface area contributed by atoms with Gasteiger partial charge in [-0.1, -0.05) is 15.9 Å². The monoisotopic (exact) mass is 332 g/mol. The Morgan fingerprint density at radius 3 is 2.94 bits per heavy atom. The number of alkyl halides is 1. The van der Waals surface area contributed by atoms with Gasteiger partial charge in [-0.2, -0.15) is 0 Å². The summed E-state index contributed by atoms with van der Waals surface area (Å²) < 4.78 is 12.1. The summed E-state index contributed by atoms with van der Waals surface area (Å²) in [6.45, 7) is 1.60. The van der Waals surface area contributed by atoms with E-state index >= 15 is 0 Å². The molecule has 1 aromatic rings. The third-order valence-corrected chi connectivity index (χ3v) is 4.56. The van der Waals surface area contributed by atoms with Crippen LogP contribution in [0.5, 0.6) is 5.75 Å². The highest BCUT2D eigenvalue weighted by atomic mass is 79.9. The number of hydrogen-bond acceptors (Lipinski definition) is 2. The molecule has 4 heteroatoms. The highest BCUT2D eigenvalue weighted by molar-refractivity contribution is 9.10. The summed E-state index contributed by atoms with van der Waals surface area (Å²) >= 11 is 9.70. The van der Waals surface area contributed by atoms with Gasteiger partial charge in [-0.25, -0.2) is 0 Å². The van der Waals surface area contributed by atoms with Crippen molar-refractivity contribution in [3.05, 3.63) is 28.2 Å². The molecule has 100 valence electrons. The second-order valence-corrected chi connectivity index (χ2v) is 6.11. The van der Waals surface area contributed by atoms with Crippen molar-refractivity contribution in [2.45, 2.75) is 19.3 Å². The van der Waals surface area contributed by atoms with Crippen molar-refractivity contribution in [2.24, 2.45) is 5.41 Å². The maximum atomic E-state index is 6.19. The van der Waals surface area contributed by atoms with Gasteiger partial charge in [-0.15, -0.1) is 11.6 Å². The summed E-state index contributed by atoms with van der Waals surface area (Å²) in [5, 5.41) is 0. The van der Waals surface area contributed by atoms with Crippen LogP contribution in [0.25, 0.3) is 0 Å². The second kappa shape index (κ2) is 6.27. The van der Waals surface area contributed by atoms with Crippen molar-refractivity contribution in [1.29, 1.82) is 0 Å². The fourth-order valence-corrected chi connectivity index (χ4v) is 3.21. The van der Waals surface area contributed by atoms with Gasteiger partial charge >= 0.3 is 0 Å². The van der Waals surface area contributed by atoms with E-state index in [0.717, 1.165) is 42.7 Å². The Kier molecular flexibility index (Phi) is 4.93. The molecule has 2 nitrogen and oxygen atoms in total. The Balaban J connectivity index is 2.23. The molecular weight excluding hydrogens is 316 g/mol. The SMILES string of the molecule is COc1ccc(Br)cc1CC1(CCl)CCCOC1. The summed E-state index contributed by atoms with van der Waals surface area (Å²) in [4.78, 5) is 0. The van der Waals surface area contributed by atoms with Gasteiger partial charge in [0.25, 0.3) is 0 Å². The zero-order valence-electron chi connectivity index (χ0n) is 10.5. The van der Waals surface area contributed by atoms with E-state index < -0.39 is 0 Å². The topological polar surface area (TPSA) is 18.5 Å². The standard InChI is InChI=1S/C14H18BrClO2/c1-17-13-4-3-12(15)7-11(13)8-14(9-16)5-2-6-18-10-14/h3-4,7H,2,5-6,8-10H2,1H3. The Morgan fingerprint density at radius 1 is 1.50 bits per heavy atom. The largest absolute Gasteiger partial charge is 0.496 e. The van der Waals surface area contributed by atoms with Crippen LogP contribution in [0.2, 0.25) is 0 Å². The zero-order valence-corrected chi connectivity index (χ0v) is 12.9. The van der Waals surface area contributed by atoms with Crippen molar-refractivity contribution >= 4 is 27.5 Å². The third kappa shape index (κ3) is 3.19. The van der Waals surface area contributed by atoms with Crippen LogP contribution in [0.3, 0.4) is 0 Å². The molecule has 1 aromatic carbocycles. The summed E-state index contributed by atoms with van der Waals surface area (Å²) in [6, 6.07) is 6.10. The molecule has 1 heterocycles. The molecule has 0 aliphatic carbocycles. The maximum Gasteiger partial charge on any atom is 0.122 e. The van der Waals surface area contributed by atoms with E-state index in [1.54, 1.807) is 7.11 Å². The molecule has 0 amide bonds. The third-order valence-electron chi connectivity index (χ3n) is 3.50. The molecule has 1 fully saturated rings. The average molecular weight is 334 g/mol. The molecule has 0 saturated carbocycles. The molecule has 2 rings (SSSR count). The number of halogens is 2. The molecule has 0 radical (unpaired) electrons. The minimum absolute atomic E-state index is 0.0495. The van der Waals surface area contributed by atoms with Gasteiger partial charge in [0.2, 0.25) is 0 Å². The van der Waals surface area contributed by atoms with Crippen LogP contribution in [0.15, 0.2) is 22.7 Å². The predicted octanol–water partition coefficient (Wildman–Crippen LogP) is 4.04. The van der Waals surface area contributed by atoms with Gasteiger partial charge in [0.15, 0.2) is 0 Å². The van der Waals surface area contributed by atoms with Crippen LogP contribution in [0.1, 0.15) is 18.4 Å². The van der Waals surface area contributed by atoms with E-state index in [-0.39, 0.29) is 5.41 Å². The number of benzene rings is 1. The van der Waals surface area contributed by atoms with Crippen LogP contribution < -0.4 is 4.74 Å². The van der Waals surface area contributed by atoms with Gasteiger partial charge in [-0.05, 0) is 43.0 Å². The normalized spacial score (nSPS) is 23.9. The van der Waals surface area contributed by atoms with E-state index in [1.807, 2.05) is 12.1 Å². The Labute approximate surface area is 122 Å². The van der Waals surface area contributed by atoms with E-state index in [4.69, 9.17) is 21.1 Å². The fourth-order valence-electron chi connectivity index (χ4n) is 2.49. The molecule has 0 aromatic heterocycles. The molecule has 1 aliphatic rings. The van der Waals surface area contributed by atoms with Gasteiger partial charge in [-0.3, -0.25) is 0 Å². The molecular formula is C14H18BrClO2. The van der Waals surface area contributed by atoms with Gasteiger partial charge in [0, 0.05) is 22.4 Å². The van der Waals surface area contributed by atoms with Gasteiger partial charge < -0.3 is 9.47 Å². The molecule has 1 aliphatic heterocycles. The summed E-state index contributed by atoms with van der Waals surface area (Å²) in [5.41, 5.74) is 1.24. The van der Waals surface area contributed by atoms with E-state index in [1.165, 1.54) is 5.56 Å². The molecule has 0 N–H and O–H groups in total. The number of ether oxygens (including phenoxy) is 2. The molecule has 18 heavy (non-hydrogen) atoms. The lowest BCUT2D eigenvalue weighted by Crippen LogP contribution is -2.35. The lowest BCUT2D eigenvalue weighted by molar-refractivity contribution is 0.00453. The first-order valence-corrected chi connectivity index (χ1v) is 7.48. The van der Waals surface area contributed by atoms with Crippen LogP contribution in [-0.2, 0) is 11.2 Å². The average Bonchev–Trinajstić information content (AvgIpc) is 2.40. The lowest BCUT2D eigenvalue weighted by atomic mass is 9.79. The molecule has 1 atom stereocenters. The maximum absolute atomic E-state index is 6.19. The second-order valence-electron chi connectivity index (χ2n) is 4.92. The fraction of sp³-hybridized carbons (Fsp3) is 0.571. The van der Waals surface area contributed by atoms with E-state index in [0.29, 0.717) is 5.88 Å². The minimum atomic E-state index is 0.0495. The first-order chi connectivity index (χ1) is 8.69. The highest BCUT2D eigenvalue weighted by Crippen LogP contribution is 2.37. The summed E-state index contributed by atoms with van der Waals surface area (Å²) in [5.74, 6) is 1.55. The van der Waals surface area contributed by atoms with E-state index in [2.05, 4.69) is 22.0 Å². The number of hydrogen-bond donors (Lipinski definition) is 0. The molecule has 1 saturated heterocycles.